The number of benzene rings is 8. The third kappa shape index (κ3) is 3.58. The molecule has 0 amide bonds. The summed E-state index contributed by atoms with van der Waals surface area (Å²) in [6.45, 7) is 8.89. The van der Waals surface area contributed by atoms with Gasteiger partial charge in [0.25, 0.3) is 0 Å². The Labute approximate surface area is 262 Å². The molecule has 0 saturated heterocycles. The molecule has 0 N–H and O–H groups in total. The maximum atomic E-state index is 4.06. The van der Waals surface area contributed by atoms with Gasteiger partial charge in [-0.2, -0.15) is 0 Å². The molecule has 0 aromatic heterocycles. The largest absolute Gasteiger partial charge is 0.0613 e. The predicted octanol–water partition coefficient (Wildman–Crippen LogP) is 13.0. The Hall–Kier alpha value is -3.72. The second-order valence-corrected chi connectivity index (χ2v) is 13.5. The molecule has 0 aliphatic carbocycles. The van der Waals surface area contributed by atoms with Gasteiger partial charge in [-0.25, -0.2) is 0 Å². The van der Waals surface area contributed by atoms with Crippen LogP contribution in [0.3, 0.4) is 0 Å². The molecule has 0 radical (unpaired) electrons. The summed E-state index contributed by atoms with van der Waals surface area (Å²) in [5, 5.41) is 15.5. The highest BCUT2D eigenvalue weighted by Crippen LogP contribution is 2.49. The topological polar surface area (TPSA) is 0 Å². The van der Waals surface area contributed by atoms with Crippen LogP contribution in [0.1, 0.15) is 22.3 Å². The average Bonchev–Trinajstić information content (AvgIpc) is 2.98. The van der Waals surface area contributed by atoms with Gasteiger partial charge in [0.2, 0.25) is 0 Å². The SMILES string of the molecule is Cc1cccc2c1cc(-c1cc3c(C)cccc3c3c(Br)cc4c(C)cccc4c13)c1c3cccc(C)c3cc(Br)c21. The highest BCUT2D eigenvalue weighted by molar-refractivity contribution is 9.11. The summed E-state index contributed by atoms with van der Waals surface area (Å²) in [5.74, 6) is 0. The summed E-state index contributed by atoms with van der Waals surface area (Å²) in [6, 6.07) is 36.4. The molecule has 0 fully saturated rings. The first-order valence-electron chi connectivity index (χ1n) is 14.4. The van der Waals surface area contributed by atoms with E-state index >= 15 is 0 Å². The number of halogens is 2. The maximum absolute atomic E-state index is 4.06. The Morgan fingerprint density at radius 2 is 0.619 bits per heavy atom. The first-order valence-corrected chi connectivity index (χ1v) is 16.0. The molecule has 2 heteroatoms. The van der Waals surface area contributed by atoms with E-state index in [1.54, 1.807) is 0 Å². The van der Waals surface area contributed by atoms with Gasteiger partial charge in [0.1, 0.15) is 0 Å². The van der Waals surface area contributed by atoms with E-state index in [-0.39, 0.29) is 0 Å². The van der Waals surface area contributed by atoms with Crippen LogP contribution in [0.25, 0.3) is 75.8 Å². The van der Waals surface area contributed by atoms with E-state index in [9.17, 15) is 0 Å². The Morgan fingerprint density at radius 1 is 0.333 bits per heavy atom. The van der Waals surface area contributed by atoms with Crippen LogP contribution < -0.4 is 0 Å². The van der Waals surface area contributed by atoms with E-state index in [0.717, 1.165) is 8.95 Å². The van der Waals surface area contributed by atoms with Crippen molar-refractivity contribution in [3.63, 3.8) is 0 Å². The zero-order valence-corrected chi connectivity index (χ0v) is 27.2. The third-order valence-corrected chi connectivity index (χ3v) is 10.6. The van der Waals surface area contributed by atoms with Gasteiger partial charge >= 0.3 is 0 Å². The van der Waals surface area contributed by atoms with Crippen LogP contribution in [0.15, 0.2) is 106 Å². The van der Waals surface area contributed by atoms with Gasteiger partial charge in [0, 0.05) is 19.7 Å². The third-order valence-electron chi connectivity index (χ3n) is 9.30. The predicted molar refractivity (Wildman–Crippen MR) is 191 cm³/mol. The molecule has 0 nitrogen and oxygen atoms in total. The number of fused-ring (bicyclic) bond motifs is 10. The minimum absolute atomic E-state index is 1.14. The molecule has 0 aliphatic heterocycles. The van der Waals surface area contributed by atoms with Gasteiger partial charge in [0.05, 0.1) is 0 Å². The fraction of sp³-hybridized carbons (Fsp3) is 0.100. The van der Waals surface area contributed by atoms with Crippen molar-refractivity contribution in [3.05, 3.63) is 128 Å². The van der Waals surface area contributed by atoms with Gasteiger partial charge in [-0.15, -0.1) is 0 Å². The standard InChI is InChI=1S/C40H28Br2/c1-21-9-7-15-27-29(21)17-33(37-25-13-5-11-23(3)31(25)19-35(41)39(27)37)34-18-30-22(2)10-8-16-28(30)40-36(42)20-32-24(4)12-6-14-26(32)38(34)40/h5-20H,1-4H3. The number of rotatable bonds is 1. The fourth-order valence-electron chi connectivity index (χ4n) is 7.21. The van der Waals surface area contributed by atoms with Crippen LogP contribution in [0.4, 0.5) is 0 Å². The zero-order valence-electron chi connectivity index (χ0n) is 24.0. The molecule has 0 bridgehead atoms. The number of aryl methyl sites for hydroxylation is 4. The molecule has 8 aromatic carbocycles. The van der Waals surface area contributed by atoms with Crippen molar-refractivity contribution in [2.75, 3.05) is 0 Å². The van der Waals surface area contributed by atoms with Crippen molar-refractivity contribution >= 4 is 96.5 Å². The lowest BCUT2D eigenvalue weighted by molar-refractivity contribution is 1.52. The van der Waals surface area contributed by atoms with Crippen LogP contribution in [0.5, 0.6) is 0 Å². The number of hydrogen-bond acceptors (Lipinski definition) is 0. The smallest absolute Gasteiger partial charge is 0.0266 e. The van der Waals surface area contributed by atoms with E-state index < -0.39 is 0 Å². The molecule has 0 spiro atoms. The van der Waals surface area contributed by atoms with Crippen molar-refractivity contribution in [2.24, 2.45) is 0 Å². The van der Waals surface area contributed by atoms with Gasteiger partial charge in [-0.05, 0) is 139 Å². The highest BCUT2D eigenvalue weighted by atomic mass is 79.9. The molecule has 0 heterocycles. The molecular weight excluding hydrogens is 640 g/mol. The number of hydrogen-bond donors (Lipinski definition) is 0. The summed E-state index contributed by atoms with van der Waals surface area (Å²) in [7, 11) is 0. The molecule has 8 aromatic rings. The van der Waals surface area contributed by atoms with Crippen molar-refractivity contribution in [3.8, 4) is 11.1 Å². The highest BCUT2D eigenvalue weighted by Gasteiger charge is 2.21. The summed E-state index contributed by atoms with van der Waals surface area (Å²) in [6.07, 6.45) is 0. The van der Waals surface area contributed by atoms with Crippen LogP contribution >= 0.6 is 31.9 Å². The Kier molecular flexibility index (Phi) is 5.80. The molecule has 0 atom stereocenters. The first kappa shape index (κ1) is 25.9. The van der Waals surface area contributed by atoms with Gasteiger partial charge in [-0.1, -0.05) is 105 Å². The molecule has 0 aliphatic rings. The normalized spacial score (nSPS) is 12.0. The van der Waals surface area contributed by atoms with Gasteiger partial charge in [0.15, 0.2) is 0 Å². The zero-order chi connectivity index (χ0) is 28.9. The molecule has 0 unspecified atom stereocenters. The molecule has 0 saturated carbocycles. The van der Waals surface area contributed by atoms with Crippen molar-refractivity contribution in [2.45, 2.75) is 27.7 Å². The van der Waals surface area contributed by atoms with Crippen LogP contribution in [-0.4, -0.2) is 0 Å². The van der Waals surface area contributed by atoms with Crippen LogP contribution in [-0.2, 0) is 0 Å². The van der Waals surface area contributed by atoms with E-state index in [0.29, 0.717) is 0 Å². The van der Waals surface area contributed by atoms with E-state index in [1.807, 2.05) is 0 Å². The minimum atomic E-state index is 1.14. The van der Waals surface area contributed by atoms with Crippen molar-refractivity contribution < 1.29 is 0 Å². The van der Waals surface area contributed by atoms with Crippen molar-refractivity contribution in [1.82, 2.24) is 0 Å². The van der Waals surface area contributed by atoms with E-state index in [2.05, 4.69) is 157 Å². The molecule has 42 heavy (non-hydrogen) atoms. The Bertz CT molecular complexity index is 2290. The molecule has 8 rings (SSSR count). The minimum Gasteiger partial charge on any atom is -0.0613 e. The molecule has 202 valence electrons. The lowest BCUT2D eigenvalue weighted by atomic mass is 9.83. The van der Waals surface area contributed by atoms with E-state index in [1.165, 1.54) is 98.0 Å². The van der Waals surface area contributed by atoms with Crippen LogP contribution in [0, 0.1) is 27.7 Å². The Balaban J connectivity index is 1.74. The second kappa shape index (κ2) is 9.39. The van der Waals surface area contributed by atoms with Crippen molar-refractivity contribution in [1.29, 1.82) is 0 Å². The summed E-state index contributed by atoms with van der Waals surface area (Å²) >= 11 is 8.12. The Morgan fingerprint density at radius 3 is 0.952 bits per heavy atom. The lowest BCUT2D eigenvalue weighted by Gasteiger charge is -2.21. The van der Waals surface area contributed by atoms with E-state index in [4.69, 9.17) is 0 Å². The van der Waals surface area contributed by atoms with Crippen LogP contribution in [0.2, 0.25) is 0 Å². The summed E-state index contributed by atoms with van der Waals surface area (Å²) < 4.78 is 2.28. The monoisotopic (exact) mass is 666 g/mol. The van der Waals surface area contributed by atoms with Gasteiger partial charge in [-0.3, -0.25) is 0 Å². The molecular formula is C40H28Br2. The fourth-order valence-corrected chi connectivity index (χ4v) is 8.49. The van der Waals surface area contributed by atoms with Gasteiger partial charge < -0.3 is 0 Å². The summed E-state index contributed by atoms with van der Waals surface area (Å²) in [4.78, 5) is 0. The quantitative estimate of drug-likeness (QED) is 0.153. The summed E-state index contributed by atoms with van der Waals surface area (Å²) in [5.41, 5.74) is 7.70. The lowest BCUT2D eigenvalue weighted by Crippen LogP contribution is -1.94. The first-order chi connectivity index (χ1) is 20.3. The maximum Gasteiger partial charge on any atom is 0.0266 e. The second-order valence-electron chi connectivity index (χ2n) is 11.7. The average molecular weight is 668 g/mol.